The molecule has 0 amide bonds. The van der Waals surface area contributed by atoms with Crippen LogP contribution in [-0.4, -0.2) is 15.1 Å². The summed E-state index contributed by atoms with van der Waals surface area (Å²) in [6, 6.07) is 7.45. The minimum atomic E-state index is -0.169. The van der Waals surface area contributed by atoms with E-state index in [0.29, 0.717) is 23.3 Å². The van der Waals surface area contributed by atoms with Gasteiger partial charge in [0.25, 0.3) is 0 Å². The lowest BCUT2D eigenvalue weighted by atomic mass is 10.1. The number of benzene rings is 1. The molecule has 120 valence electrons. The van der Waals surface area contributed by atoms with E-state index in [1.165, 1.54) is 11.3 Å². The Hall–Kier alpha value is -1.76. The zero-order valence-corrected chi connectivity index (χ0v) is 14.4. The Morgan fingerprint density at radius 2 is 2.00 bits per heavy atom. The maximum Gasteiger partial charge on any atom is 0.213 e. The van der Waals surface area contributed by atoms with Crippen molar-refractivity contribution < 1.29 is 4.52 Å². The van der Waals surface area contributed by atoms with E-state index < -0.39 is 0 Å². The van der Waals surface area contributed by atoms with Gasteiger partial charge < -0.3 is 4.52 Å². The molecule has 0 radical (unpaired) electrons. The summed E-state index contributed by atoms with van der Waals surface area (Å²) in [4.78, 5) is 9.92. The number of thiazole rings is 1. The predicted molar refractivity (Wildman–Crippen MR) is 90.6 cm³/mol. The summed E-state index contributed by atoms with van der Waals surface area (Å²) in [6.45, 7) is 4.97. The highest BCUT2D eigenvalue weighted by molar-refractivity contribution is 7.11. The van der Waals surface area contributed by atoms with Crippen molar-refractivity contribution in [2.24, 2.45) is 0 Å². The molecule has 5 nitrogen and oxygen atoms in total. The summed E-state index contributed by atoms with van der Waals surface area (Å²) in [5.41, 5.74) is 1.02. The first-order valence-corrected chi connectivity index (χ1v) is 8.52. The highest BCUT2D eigenvalue weighted by Crippen LogP contribution is 2.24. The quantitative estimate of drug-likeness (QED) is 0.723. The third-order valence-corrected chi connectivity index (χ3v) is 4.99. The topological polar surface area (TPSA) is 63.8 Å². The van der Waals surface area contributed by atoms with Crippen LogP contribution in [0.3, 0.4) is 0 Å². The Morgan fingerprint density at radius 3 is 2.61 bits per heavy atom. The molecule has 0 aliphatic rings. The van der Waals surface area contributed by atoms with E-state index in [1.807, 2.05) is 30.5 Å². The lowest BCUT2D eigenvalue weighted by Crippen LogP contribution is -2.23. The summed E-state index contributed by atoms with van der Waals surface area (Å²) in [6.07, 6.45) is 3.28. The summed E-state index contributed by atoms with van der Waals surface area (Å²) in [7, 11) is 0. The highest BCUT2D eigenvalue weighted by Gasteiger charge is 2.19. The van der Waals surface area contributed by atoms with Crippen molar-refractivity contribution in [1.29, 1.82) is 0 Å². The second-order valence-electron chi connectivity index (χ2n) is 5.47. The van der Waals surface area contributed by atoms with Crippen LogP contribution in [0.25, 0.3) is 0 Å². The lowest BCUT2D eigenvalue weighted by molar-refractivity contribution is 0.401. The van der Waals surface area contributed by atoms with Crippen molar-refractivity contribution in [3.05, 3.63) is 63.2 Å². The van der Waals surface area contributed by atoms with Crippen LogP contribution in [-0.2, 0) is 6.54 Å². The number of hydrogen-bond donors (Lipinski definition) is 1. The van der Waals surface area contributed by atoms with Gasteiger partial charge in [-0.05, 0) is 23.6 Å². The molecule has 1 atom stereocenters. The molecule has 3 rings (SSSR count). The molecule has 0 fully saturated rings. The van der Waals surface area contributed by atoms with Crippen molar-refractivity contribution in [1.82, 2.24) is 20.4 Å². The highest BCUT2D eigenvalue weighted by atomic mass is 35.5. The molecule has 1 aromatic carbocycles. The number of nitrogens with zero attached hydrogens (tertiary/aromatic N) is 3. The molecule has 1 N–H and O–H groups in total. The van der Waals surface area contributed by atoms with Crippen molar-refractivity contribution >= 4 is 22.9 Å². The molecule has 0 saturated carbocycles. The van der Waals surface area contributed by atoms with Crippen molar-refractivity contribution in [3.63, 3.8) is 0 Å². The summed E-state index contributed by atoms with van der Waals surface area (Å²) in [5.74, 6) is 1.08. The Bertz CT molecular complexity index is 740. The summed E-state index contributed by atoms with van der Waals surface area (Å²) >= 11 is 7.69. The number of rotatable bonds is 6. The zero-order valence-electron chi connectivity index (χ0n) is 12.9. The van der Waals surface area contributed by atoms with Crippen LogP contribution in [0, 0.1) is 0 Å². The van der Waals surface area contributed by atoms with Crippen molar-refractivity contribution in [3.8, 4) is 0 Å². The second-order valence-corrected chi connectivity index (χ2v) is 7.05. The monoisotopic (exact) mass is 348 g/mol. The van der Waals surface area contributed by atoms with Crippen LogP contribution >= 0.6 is 22.9 Å². The van der Waals surface area contributed by atoms with E-state index in [0.717, 1.165) is 10.6 Å². The Balaban J connectivity index is 1.77. The Kier molecular flexibility index (Phi) is 5.05. The lowest BCUT2D eigenvalue weighted by Gasteiger charge is -2.15. The maximum absolute atomic E-state index is 5.97. The van der Waals surface area contributed by atoms with Gasteiger partial charge in [-0.2, -0.15) is 4.98 Å². The van der Waals surface area contributed by atoms with Crippen LogP contribution in [0.5, 0.6) is 0 Å². The van der Waals surface area contributed by atoms with Gasteiger partial charge in [0.2, 0.25) is 6.39 Å². The normalized spacial score (nSPS) is 12.7. The Labute approximate surface area is 143 Å². The fraction of sp³-hybridized carbons (Fsp3) is 0.312. The average molecular weight is 349 g/mol. The van der Waals surface area contributed by atoms with E-state index in [2.05, 4.69) is 34.3 Å². The summed E-state index contributed by atoms with van der Waals surface area (Å²) < 4.78 is 4.89. The molecule has 0 aliphatic carbocycles. The van der Waals surface area contributed by atoms with Gasteiger partial charge in [-0.25, -0.2) is 4.98 Å². The first-order valence-electron chi connectivity index (χ1n) is 7.33. The molecule has 2 heterocycles. The third kappa shape index (κ3) is 3.96. The number of hydrogen-bond acceptors (Lipinski definition) is 6. The van der Waals surface area contributed by atoms with Gasteiger partial charge in [0.05, 0.1) is 6.04 Å². The molecule has 3 aromatic rings. The minimum absolute atomic E-state index is 0.169. The van der Waals surface area contributed by atoms with Gasteiger partial charge in [-0.15, -0.1) is 11.3 Å². The van der Waals surface area contributed by atoms with Crippen molar-refractivity contribution in [2.75, 3.05) is 0 Å². The molecule has 2 aromatic heterocycles. The summed E-state index contributed by atoms with van der Waals surface area (Å²) in [5, 5.41) is 9.14. The fourth-order valence-corrected chi connectivity index (χ4v) is 3.18. The SMILES string of the molecule is CC(C)c1cnc(CNC(c2ccc(Cl)cc2)c2ncon2)s1. The Morgan fingerprint density at radius 1 is 1.22 bits per heavy atom. The predicted octanol–water partition coefficient (Wildman–Crippen LogP) is 4.18. The fourth-order valence-electron chi connectivity index (χ4n) is 2.18. The van der Waals surface area contributed by atoms with E-state index in [9.17, 15) is 0 Å². The smallest absolute Gasteiger partial charge is 0.213 e. The van der Waals surface area contributed by atoms with Crippen molar-refractivity contribution in [2.45, 2.75) is 32.4 Å². The van der Waals surface area contributed by atoms with Gasteiger partial charge in [0, 0.05) is 22.6 Å². The zero-order chi connectivity index (χ0) is 16.2. The molecule has 0 saturated heterocycles. The molecule has 1 unspecified atom stereocenters. The maximum atomic E-state index is 5.97. The third-order valence-electron chi connectivity index (χ3n) is 3.44. The standard InChI is InChI=1S/C16H17ClN4OS/c1-10(2)13-7-18-14(23-13)8-19-15(16-20-9-22-21-16)11-3-5-12(17)6-4-11/h3-7,9-10,15,19H,8H2,1-2H3. The largest absolute Gasteiger partial charge is 0.343 e. The first kappa shape index (κ1) is 16.1. The molecular formula is C16H17ClN4OS. The molecule has 0 aliphatic heterocycles. The van der Waals surface area contributed by atoms with Gasteiger partial charge in [0.1, 0.15) is 5.01 Å². The van der Waals surface area contributed by atoms with E-state index >= 15 is 0 Å². The molecule has 23 heavy (non-hydrogen) atoms. The van der Waals surface area contributed by atoms with Gasteiger partial charge >= 0.3 is 0 Å². The van der Waals surface area contributed by atoms with Crippen LogP contribution in [0.1, 0.15) is 47.1 Å². The number of aromatic nitrogens is 3. The second kappa shape index (κ2) is 7.21. The average Bonchev–Trinajstić information content (AvgIpc) is 3.21. The number of halogens is 1. The minimum Gasteiger partial charge on any atom is -0.343 e. The van der Waals surface area contributed by atoms with E-state index in [4.69, 9.17) is 16.1 Å². The number of nitrogens with one attached hydrogen (secondary N) is 1. The van der Waals surface area contributed by atoms with Crippen LogP contribution < -0.4 is 5.32 Å². The first-order chi connectivity index (χ1) is 11.1. The molecule has 0 bridgehead atoms. The van der Waals surface area contributed by atoms with Gasteiger partial charge in [-0.1, -0.05) is 42.7 Å². The van der Waals surface area contributed by atoms with Gasteiger partial charge in [-0.3, -0.25) is 5.32 Å². The van der Waals surface area contributed by atoms with Gasteiger partial charge in [0.15, 0.2) is 5.82 Å². The van der Waals surface area contributed by atoms with Crippen LogP contribution in [0.15, 0.2) is 41.4 Å². The molecular weight excluding hydrogens is 332 g/mol. The molecule has 7 heteroatoms. The molecule has 0 spiro atoms. The van der Waals surface area contributed by atoms with E-state index in [-0.39, 0.29) is 6.04 Å². The van der Waals surface area contributed by atoms with Crippen LogP contribution in [0.4, 0.5) is 0 Å². The van der Waals surface area contributed by atoms with E-state index in [1.54, 1.807) is 11.3 Å². The van der Waals surface area contributed by atoms with Crippen LogP contribution in [0.2, 0.25) is 5.02 Å².